The van der Waals surface area contributed by atoms with E-state index in [2.05, 4.69) is 25.7 Å². The molecule has 4 nitrogen and oxygen atoms in total. The Bertz CT molecular complexity index is 768. The molecular weight excluding hydrogens is 441 g/mol. The molecule has 34 heavy (non-hydrogen) atoms. The fourth-order valence-corrected chi connectivity index (χ4v) is 5.77. The van der Waals surface area contributed by atoms with Gasteiger partial charge in [0.25, 0.3) is 0 Å². The molecule has 2 aliphatic carbocycles. The van der Waals surface area contributed by atoms with E-state index in [0.29, 0.717) is 12.3 Å². The van der Waals surface area contributed by atoms with E-state index in [4.69, 9.17) is 0 Å². The second-order valence-corrected chi connectivity index (χ2v) is 11.5. The molecule has 2 fully saturated rings. The number of carbonyl (C=O) groups excluding carboxylic acids is 1. The van der Waals surface area contributed by atoms with Crippen molar-refractivity contribution in [2.24, 2.45) is 17.3 Å². The number of hydrogen-bond donors (Lipinski definition) is 1. The van der Waals surface area contributed by atoms with Crippen molar-refractivity contribution in [2.45, 2.75) is 96.7 Å². The number of hydrogen-bond acceptors (Lipinski definition) is 3. The van der Waals surface area contributed by atoms with Crippen LogP contribution in [0.1, 0.15) is 95.6 Å². The number of alkyl halides is 3. The Labute approximate surface area is 202 Å². The zero-order chi connectivity index (χ0) is 24.2. The number of nitrogens with zero attached hydrogens (tertiary/aromatic N) is 1. The standard InChI is InChI=1S/C27H40F3NO2.H3N/c1-26(2,3)14-15-31(18-19-6-4-5-7-19)24-13-8-20(17-25(32)33)16-23(24)21-9-11-22(12-10-21)27(28,29)30;/h9-12,19-20,23-24H,4-8,13-18H2,1-3H3,(H,32,33);1H3/t20-,23+,24-;/m1./s1. The second-order valence-electron chi connectivity index (χ2n) is 11.5. The molecule has 0 aliphatic heterocycles. The Morgan fingerprint density at radius 1 is 1.00 bits per heavy atom. The Hall–Kier alpha value is -1.60. The monoisotopic (exact) mass is 484 g/mol. The molecule has 0 aromatic heterocycles. The van der Waals surface area contributed by atoms with E-state index in [1.165, 1.54) is 37.8 Å². The summed E-state index contributed by atoms with van der Waals surface area (Å²) < 4.78 is 39.4. The Kier molecular flexibility index (Phi) is 10.0. The molecular formula is C27H43F3N2O2. The first-order valence-electron chi connectivity index (χ1n) is 12.5. The van der Waals surface area contributed by atoms with E-state index in [0.717, 1.165) is 37.9 Å². The van der Waals surface area contributed by atoms with Crippen molar-refractivity contribution in [2.75, 3.05) is 13.1 Å². The first-order chi connectivity index (χ1) is 15.4. The summed E-state index contributed by atoms with van der Waals surface area (Å²) in [4.78, 5) is 13.9. The van der Waals surface area contributed by atoms with Gasteiger partial charge in [-0.25, -0.2) is 0 Å². The Morgan fingerprint density at radius 2 is 1.62 bits per heavy atom. The van der Waals surface area contributed by atoms with Crippen LogP contribution in [0.3, 0.4) is 0 Å². The first kappa shape index (κ1) is 28.6. The predicted molar refractivity (Wildman–Crippen MR) is 129 cm³/mol. The minimum absolute atomic E-state index is 0. The molecule has 3 rings (SSSR count). The largest absolute Gasteiger partial charge is 0.550 e. The van der Waals surface area contributed by atoms with E-state index in [9.17, 15) is 23.1 Å². The fraction of sp³-hybridized carbons (Fsp3) is 0.741. The van der Waals surface area contributed by atoms with Gasteiger partial charge >= 0.3 is 6.18 Å². The molecule has 0 radical (unpaired) electrons. The molecule has 0 bridgehead atoms. The van der Waals surface area contributed by atoms with Gasteiger partial charge in [-0.15, -0.1) is 0 Å². The second kappa shape index (κ2) is 11.9. The van der Waals surface area contributed by atoms with E-state index < -0.39 is 17.7 Å². The number of aliphatic carboxylic acids is 1. The lowest BCUT2D eigenvalue weighted by molar-refractivity contribution is -0.307. The zero-order valence-corrected chi connectivity index (χ0v) is 21.3. The normalized spacial score (nSPS) is 24.3. The summed E-state index contributed by atoms with van der Waals surface area (Å²) in [6.45, 7) is 8.72. The van der Waals surface area contributed by atoms with Gasteiger partial charge in [0.1, 0.15) is 0 Å². The molecule has 0 amide bonds. The average Bonchev–Trinajstić information content (AvgIpc) is 3.23. The molecule has 0 heterocycles. The van der Waals surface area contributed by atoms with Crippen LogP contribution in [-0.2, 0) is 11.0 Å². The molecule has 0 spiro atoms. The highest BCUT2D eigenvalue weighted by molar-refractivity contribution is 5.64. The average molecular weight is 485 g/mol. The first-order valence-corrected chi connectivity index (χ1v) is 12.5. The van der Waals surface area contributed by atoms with Crippen molar-refractivity contribution in [3.63, 3.8) is 0 Å². The Morgan fingerprint density at radius 3 is 2.15 bits per heavy atom. The minimum atomic E-state index is -4.36. The lowest BCUT2D eigenvalue weighted by Crippen LogP contribution is -2.46. The molecule has 194 valence electrons. The van der Waals surface area contributed by atoms with Crippen molar-refractivity contribution in [3.05, 3.63) is 35.4 Å². The number of quaternary nitrogens is 1. The van der Waals surface area contributed by atoms with Crippen molar-refractivity contribution in [1.82, 2.24) is 11.1 Å². The number of rotatable bonds is 8. The summed E-state index contributed by atoms with van der Waals surface area (Å²) in [6.07, 6.45) is 4.15. The summed E-state index contributed by atoms with van der Waals surface area (Å²) >= 11 is 0. The van der Waals surface area contributed by atoms with E-state index in [1.54, 1.807) is 12.1 Å². The van der Waals surface area contributed by atoms with Crippen LogP contribution in [0.25, 0.3) is 0 Å². The predicted octanol–water partition coefficient (Wildman–Crippen LogP) is 6.40. The third kappa shape index (κ3) is 8.26. The van der Waals surface area contributed by atoms with E-state index in [1.807, 2.05) is 0 Å². The molecule has 2 aliphatic rings. The highest BCUT2D eigenvalue weighted by atomic mass is 19.4. The minimum Gasteiger partial charge on any atom is -0.550 e. The van der Waals surface area contributed by atoms with E-state index >= 15 is 0 Å². The summed E-state index contributed by atoms with van der Waals surface area (Å²) in [5.74, 6) is -0.319. The third-order valence-corrected chi connectivity index (χ3v) is 7.63. The Balaban J connectivity index is 0.00000408. The fourth-order valence-electron chi connectivity index (χ4n) is 5.77. The third-order valence-electron chi connectivity index (χ3n) is 7.63. The van der Waals surface area contributed by atoms with Crippen LogP contribution in [0.5, 0.6) is 0 Å². The maximum absolute atomic E-state index is 13.1. The van der Waals surface area contributed by atoms with Crippen LogP contribution in [0.15, 0.2) is 24.3 Å². The van der Waals surface area contributed by atoms with Crippen molar-refractivity contribution in [1.29, 1.82) is 0 Å². The quantitative estimate of drug-likeness (QED) is 0.463. The lowest BCUT2D eigenvalue weighted by Gasteiger charge is -2.44. The highest BCUT2D eigenvalue weighted by Crippen LogP contribution is 2.42. The molecule has 7 heteroatoms. The smallest absolute Gasteiger partial charge is 0.416 e. The van der Waals surface area contributed by atoms with E-state index in [-0.39, 0.29) is 35.9 Å². The van der Waals surface area contributed by atoms with Gasteiger partial charge in [-0.2, -0.15) is 13.2 Å². The van der Waals surface area contributed by atoms with Gasteiger partial charge in [-0.05, 0) is 92.4 Å². The van der Waals surface area contributed by atoms with Crippen LogP contribution in [0, 0.1) is 17.3 Å². The number of carboxylic acids is 1. The molecule has 1 aromatic carbocycles. The van der Waals surface area contributed by atoms with Gasteiger partial charge in [0.05, 0.1) is 5.56 Å². The number of halogens is 3. The van der Waals surface area contributed by atoms with Crippen LogP contribution >= 0.6 is 0 Å². The number of benzene rings is 1. The molecule has 1 aromatic rings. The summed E-state index contributed by atoms with van der Waals surface area (Å²) in [5, 5.41) is 11.3. The van der Waals surface area contributed by atoms with Crippen LogP contribution < -0.4 is 11.3 Å². The van der Waals surface area contributed by atoms with Crippen LogP contribution in [-0.4, -0.2) is 30.0 Å². The maximum Gasteiger partial charge on any atom is 0.416 e. The topological polar surface area (TPSA) is 79.9 Å². The van der Waals surface area contributed by atoms with Crippen molar-refractivity contribution < 1.29 is 23.1 Å². The SMILES string of the molecule is CC(C)(C)CCN(CC1CCCC1)[C@@H]1CC[C@@H](CC(=O)[O-])C[C@H]1c1ccc(C(F)(F)F)cc1.[NH4+]. The molecule has 3 atom stereocenters. The summed E-state index contributed by atoms with van der Waals surface area (Å²) in [6, 6.07) is 5.79. The van der Waals surface area contributed by atoms with Crippen molar-refractivity contribution in [3.8, 4) is 0 Å². The molecule has 4 N–H and O–H groups in total. The molecule has 0 saturated heterocycles. The van der Waals surface area contributed by atoms with Gasteiger partial charge in [0, 0.05) is 18.6 Å². The molecule has 0 unspecified atom stereocenters. The lowest BCUT2D eigenvalue weighted by atomic mass is 9.72. The van der Waals surface area contributed by atoms with Crippen LogP contribution in [0.2, 0.25) is 0 Å². The summed E-state index contributed by atoms with van der Waals surface area (Å²) in [5.41, 5.74) is 0.452. The van der Waals surface area contributed by atoms with Gasteiger partial charge in [-0.3, -0.25) is 4.90 Å². The van der Waals surface area contributed by atoms with Gasteiger partial charge in [-0.1, -0.05) is 45.7 Å². The number of carboxylic acid groups (broad SMARTS) is 1. The van der Waals surface area contributed by atoms with Gasteiger partial charge in [0.15, 0.2) is 0 Å². The number of carbonyl (C=O) groups is 1. The van der Waals surface area contributed by atoms with Gasteiger partial charge < -0.3 is 16.1 Å². The molecule has 2 saturated carbocycles. The maximum atomic E-state index is 13.1. The van der Waals surface area contributed by atoms with Gasteiger partial charge in [0.2, 0.25) is 0 Å². The highest BCUT2D eigenvalue weighted by Gasteiger charge is 2.37. The summed E-state index contributed by atoms with van der Waals surface area (Å²) in [7, 11) is 0. The van der Waals surface area contributed by atoms with Crippen molar-refractivity contribution >= 4 is 5.97 Å². The zero-order valence-electron chi connectivity index (χ0n) is 21.3. The van der Waals surface area contributed by atoms with Crippen LogP contribution in [0.4, 0.5) is 13.2 Å².